The van der Waals surface area contributed by atoms with Crippen molar-refractivity contribution >= 4 is 95.4 Å². The van der Waals surface area contributed by atoms with Gasteiger partial charge in [-0.2, -0.15) is 0 Å². The fraction of sp³-hybridized carbons (Fsp3) is 0.0612. The Morgan fingerprint density at radius 2 is 1.27 bits per heavy atom. The van der Waals surface area contributed by atoms with E-state index < -0.39 is 0 Å². The number of thioether (sulfide) groups is 1. The molecule has 1 aliphatic rings. The zero-order valence-electron chi connectivity index (χ0n) is 28.7. The van der Waals surface area contributed by atoms with Crippen LogP contribution in [0.1, 0.15) is 29.7 Å². The largest absolute Gasteiger partial charge is 0.456 e. The molecule has 0 spiro atoms. The molecule has 0 radical (unpaired) electrons. The van der Waals surface area contributed by atoms with Crippen molar-refractivity contribution < 1.29 is 4.42 Å². The smallest absolute Gasteiger partial charge is 0.136 e. The van der Waals surface area contributed by atoms with Crippen LogP contribution >= 0.6 is 23.1 Å². The molecule has 0 amide bonds. The molecule has 1 aliphatic heterocycles. The van der Waals surface area contributed by atoms with Crippen molar-refractivity contribution in [3.63, 3.8) is 0 Å². The van der Waals surface area contributed by atoms with E-state index in [0.29, 0.717) is 5.25 Å². The minimum Gasteiger partial charge on any atom is -0.456 e. The minimum absolute atomic E-state index is 0.430. The van der Waals surface area contributed by atoms with Gasteiger partial charge in [0.25, 0.3) is 0 Å². The molecule has 7 aromatic carbocycles. The third kappa shape index (κ3) is 4.84. The summed E-state index contributed by atoms with van der Waals surface area (Å²) < 4.78 is 6.64. The number of fused-ring (bicyclic) bond motifs is 5. The van der Waals surface area contributed by atoms with E-state index in [1.807, 2.05) is 11.8 Å². The summed E-state index contributed by atoms with van der Waals surface area (Å²) in [6.07, 6.45) is 7.69. The van der Waals surface area contributed by atoms with E-state index in [0.717, 1.165) is 33.6 Å². The molecule has 0 saturated heterocycles. The molecule has 3 heterocycles. The van der Waals surface area contributed by atoms with Crippen LogP contribution in [0.2, 0.25) is 0 Å². The van der Waals surface area contributed by atoms with Crippen LogP contribution < -0.4 is 10.6 Å². The first-order valence-electron chi connectivity index (χ1n) is 17.8. The fourth-order valence-corrected chi connectivity index (χ4v) is 10.3. The zero-order valence-corrected chi connectivity index (χ0v) is 30.4. The van der Waals surface area contributed by atoms with Gasteiger partial charge in [0.1, 0.15) is 11.0 Å². The summed E-state index contributed by atoms with van der Waals surface area (Å²) in [6.45, 7) is 6.88. The van der Waals surface area contributed by atoms with E-state index in [-0.39, 0.29) is 0 Å². The summed E-state index contributed by atoms with van der Waals surface area (Å²) in [5.41, 5.74) is 9.18. The molecule has 1 atom stereocenters. The minimum atomic E-state index is 0.430. The lowest BCUT2D eigenvalue weighted by atomic mass is 9.86. The highest BCUT2D eigenvalue weighted by Gasteiger charge is 2.23. The number of rotatable bonds is 5. The van der Waals surface area contributed by atoms with Crippen LogP contribution in [0.25, 0.3) is 93.9 Å². The number of thiophene rings is 1. The number of furan rings is 1. The summed E-state index contributed by atoms with van der Waals surface area (Å²) in [6, 6.07) is 46.2. The van der Waals surface area contributed by atoms with E-state index in [9.17, 15) is 0 Å². The Balaban J connectivity index is 1.18. The SMILES string of the molecule is C=c1/c(=C\C=C(/C)c2c3ccccc3c(C3CC=CS3)c3ccccc23)oc2cccc(-c3c4ccccc4c(-c4cccs4)c4ccccc34)c12. The van der Waals surface area contributed by atoms with Crippen molar-refractivity contribution in [2.24, 2.45) is 0 Å². The second-order valence-electron chi connectivity index (χ2n) is 13.6. The molecule has 248 valence electrons. The maximum atomic E-state index is 6.64. The van der Waals surface area contributed by atoms with Crippen LogP contribution in [-0.2, 0) is 0 Å². The average molecular weight is 703 g/mol. The molecule has 0 aliphatic carbocycles. The maximum absolute atomic E-state index is 6.64. The molecule has 1 unspecified atom stereocenters. The highest BCUT2D eigenvalue weighted by atomic mass is 32.2. The van der Waals surface area contributed by atoms with E-state index in [1.54, 1.807) is 11.3 Å². The molecule has 0 fully saturated rings. The standard InChI is InChI=1S/C49H34OS2/c1-30(45-32-14-3-7-18-36(32)48(43-24-12-28-51-43)37-19-8-4-15-33(37)45)26-27-41-31(2)46-40(22-11-23-42(46)50-41)47-34-16-5-9-20-38(34)49(44-25-13-29-52-44)39-21-10-6-17-35(39)47/h3-23,25-29,43H,2,24H2,1H3/b30-26+,41-27+. The lowest BCUT2D eigenvalue weighted by Gasteiger charge is -2.20. The van der Waals surface area contributed by atoms with E-state index >= 15 is 0 Å². The Kier molecular flexibility index (Phi) is 7.52. The van der Waals surface area contributed by atoms with Crippen LogP contribution in [0.5, 0.6) is 0 Å². The van der Waals surface area contributed by atoms with Crippen molar-refractivity contribution in [1.82, 2.24) is 0 Å². The number of hydrogen-bond donors (Lipinski definition) is 0. The Morgan fingerprint density at radius 3 is 1.85 bits per heavy atom. The predicted molar refractivity (Wildman–Crippen MR) is 228 cm³/mol. The zero-order chi connectivity index (χ0) is 34.8. The van der Waals surface area contributed by atoms with E-state index in [1.165, 1.54) is 75.8 Å². The molecule has 0 bridgehead atoms. The van der Waals surface area contributed by atoms with Gasteiger partial charge in [0.2, 0.25) is 0 Å². The second kappa shape index (κ2) is 12.6. The maximum Gasteiger partial charge on any atom is 0.136 e. The summed E-state index contributed by atoms with van der Waals surface area (Å²) >= 11 is 3.72. The molecular formula is C49H34OS2. The van der Waals surface area contributed by atoms with Crippen LogP contribution in [0.3, 0.4) is 0 Å². The van der Waals surface area contributed by atoms with Gasteiger partial charge in [-0.05, 0) is 113 Å². The Labute approximate surface area is 310 Å². The fourth-order valence-electron chi connectivity index (χ4n) is 8.47. The molecule has 52 heavy (non-hydrogen) atoms. The van der Waals surface area contributed by atoms with Crippen molar-refractivity contribution in [2.75, 3.05) is 0 Å². The van der Waals surface area contributed by atoms with Gasteiger partial charge < -0.3 is 4.42 Å². The molecular weight excluding hydrogens is 669 g/mol. The number of benzene rings is 7. The monoisotopic (exact) mass is 702 g/mol. The topological polar surface area (TPSA) is 13.1 Å². The van der Waals surface area contributed by atoms with Gasteiger partial charge in [-0.25, -0.2) is 0 Å². The van der Waals surface area contributed by atoms with Crippen molar-refractivity contribution in [2.45, 2.75) is 18.6 Å². The summed E-state index contributed by atoms with van der Waals surface area (Å²) in [4.78, 5) is 1.28. The molecule has 1 nitrogen and oxygen atoms in total. The third-order valence-electron chi connectivity index (χ3n) is 10.7. The van der Waals surface area contributed by atoms with Crippen molar-refractivity contribution in [3.05, 3.63) is 172 Å². The quantitative estimate of drug-likeness (QED) is 0.166. The molecule has 0 N–H and O–H groups in total. The first-order chi connectivity index (χ1) is 25.7. The summed E-state index contributed by atoms with van der Waals surface area (Å²) in [5.74, 6) is 0. The van der Waals surface area contributed by atoms with Gasteiger partial charge in [0.15, 0.2) is 0 Å². The van der Waals surface area contributed by atoms with Gasteiger partial charge in [-0.1, -0.05) is 134 Å². The average Bonchev–Trinajstić information content (AvgIpc) is 3.98. The lowest BCUT2D eigenvalue weighted by Crippen LogP contribution is -2.17. The Hall–Kier alpha value is -5.61. The van der Waals surface area contributed by atoms with Gasteiger partial charge >= 0.3 is 0 Å². The second-order valence-corrected chi connectivity index (χ2v) is 15.6. The summed E-state index contributed by atoms with van der Waals surface area (Å²) in [7, 11) is 0. The van der Waals surface area contributed by atoms with Gasteiger partial charge in [-0.15, -0.1) is 23.1 Å². The summed E-state index contributed by atoms with van der Waals surface area (Å²) in [5, 5.41) is 17.0. The highest BCUT2D eigenvalue weighted by Crippen LogP contribution is 2.48. The van der Waals surface area contributed by atoms with E-state index in [4.69, 9.17) is 4.42 Å². The molecule has 2 aromatic heterocycles. The van der Waals surface area contributed by atoms with Crippen LogP contribution in [-0.4, -0.2) is 0 Å². The van der Waals surface area contributed by atoms with Gasteiger partial charge in [-0.3, -0.25) is 0 Å². The molecule has 0 saturated carbocycles. The Bertz CT molecular complexity index is 2930. The van der Waals surface area contributed by atoms with E-state index in [2.05, 4.69) is 170 Å². The highest BCUT2D eigenvalue weighted by molar-refractivity contribution is 8.02. The molecule has 9 aromatic rings. The predicted octanol–water partition coefficient (Wildman–Crippen LogP) is 13.4. The van der Waals surface area contributed by atoms with Gasteiger partial charge in [0.05, 0.1) is 0 Å². The normalized spacial score (nSPS) is 15.3. The first kappa shape index (κ1) is 31.2. The van der Waals surface area contributed by atoms with Gasteiger partial charge in [0, 0.05) is 26.3 Å². The first-order valence-corrected chi connectivity index (χ1v) is 19.6. The van der Waals surface area contributed by atoms with Crippen LogP contribution in [0.15, 0.2) is 155 Å². The molecule has 3 heteroatoms. The number of allylic oxidation sites excluding steroid dienone is 3. The van der Waals surface area contributed by atoms with Crippen LogP contribution in [0, 0.1) is 0 Å². The lowest BCUT2D eigenvalue weighted by molar-refractivity contribution is 0.576. The van der Waals surface area contributed by atoms with Crippen molar-refractivity contribution in [1.29, 1.82) is 0 Å². The van der Waals surface area contributed by atoms with Crippen LogP contribution in [0.4, 0.5) is 0 Å². The number of hydrogen-bond acceptors (Lipinski definition) is 3. The third-order valence-corrected chi connectivity index (χ3v) is 12.7. The van der Waals surface area contributed by atoms with Crippen molar-refractivity contribution in [3.8, 4) is 21.6 Å². The Morgan fingerprint density at radius 1 is 0.673 bits per heavy atom. The molecule has 10 rings (SSSR count).